The lowest BCUT2D eigenvalue weighted by Crippen LogP contribution is -2.12. The summed E-state index contributed by atoms with van der Waals surface area (Å²) in [6.45, 7) is 0. The molecular weight excluding hydrogens is 222 g/mol. The highest BCUT2D eigenvalue weighted by Gasteiger charge is 2.29. The Balaban J connectivity index is 1.78. The van der Waals surface area contributed by atoms with Gasteiger partial charge in [-0.1, -0.05) is 30.3 Å². The van der Waals surface area contributed by atoms with Gasteiger partial charge in [-0.05, 0) is 48.6 Å². The Labute approximate surface area is 107 Å². The van der Waals surface area contributed by atoms with Crippen LogP contribution in [0.1, 0.15) is 24.4 Å². The molecule has 1 aliphatic carbocycles. The smallest absolute Gasteiger partial charge is 0.127 e. The number of rotatable bonds is 4. The lowest BCUT2D eigenvalue weighted by atomic mass is 10.0. The molecule has 1 saturated carbocycles. The summed E-state index contributed by atoms with van der Waals surface area (Å²) in [4.78, 5) is 0. The van der Waals surface area contributed by atoms with Crippen molar-refractivity contribution >= 4 is 0 Å². The number of para-hydroxylation sites is 1. The Morgan fingerprint density at radius 2 is 1.67 bits per heavy atom. The predicted octanol–water partition coefficient (Wildman–Crippen LogP) is 3.89. The number of ether oxygens (including phenoxy) is 1. The van der Waals surface area contributed by atoms with Gasteiger partial charge in [-0.15, -0.1) is 0 Å². The Bertz CT molecular complexity index is 520. The summed E-state index contributed by atoms with van der Waals surface area (Å²) in [5, 5.41) is 0. The van der Waals surface area contributed by atoms with Crippen LogP contribution in [-0.4, -0.2) is 0 Å². The topological polar surface area (TPSA) is 35.2 Å². The monoisotopic (exact) mass is 239 g/mol. The van der Waals surface area contributed by atoms with Crippen LogP contribution in [0, 0.1) is 5.92 Å². The van der Waals surface area contributed by atoms with Crippen LogP contribution in [0.4, 0.5) is 0 Å². The third-order valence-corrected chi connectivity index (χ3v) is 3.35. The van der Waals surface area contributed by atoms with Crippen molar-refractivity contribution in [2.75, 3.05) is 0 Å². The van der Waals surface area contributed by atoms with Crippen molar-refractivity contribution in [3.8, 4) is 11.5 Å². The summed E-state index contributed by atoms with van der Waals surface area (Å²) in [6.07, 6.45) is 2.51. The maximum atomic E-state index is 6.21. The van der Waals surface area contributed by atoms with Gasteiger partial charge in [0, 0.05) is 6.04 Å². The van der Waals surface area contributed by atoms with Gasteiger partial charge in [0.1, 0.15) is 11.5 Å². The largest absolute Gasteiger partial charge is 0.457 e. The molecule has 0 saturated heterocycles. The van der Waals surface area contributed by atoms with Crippen molar-refractivity contribution in [3.63, 3.8) is 0 Å². The molecule has 0 bridgehead atoms. The number of hydrogen-bond acceptors (Lipinski definition) is 2. The van der Waals surface area contributed by atoms with E-state index in [2.05, 4.69) is 12.1 Å². The maximum Gasteiger partial charge on any atom is 0.127 e. The summed E-state index contributed by atoms with van der Waals surface area (Å²) in [5.41, 5.74) is 7.38. The molecule has 2 heteroatoms. The van der Waals surface area contributed by atoms with E-state index in [0.29, 0.717) is 5.92 Å². The van der Waals surface area contributed by atoms with E-state index < -0.39 is 0 Å². The molecule has 1 fully saturated rings. The molecule has 92 valence electrons. The van der Waals surface area contributed by atoms with Crippen LogP contribution in [-0.2, 0) is 0 Å². The van der Waals surface area contributed by atoms with Crippen LogP contribution in [0.15, 0.2) is 54.6 Å². The minimum absolute atomic E-state index is 0.157. The average Bonchev–Trinajstić information content (AvgIpc) is 3.24. The van der Waals surface area contributed by atoms with Gasteiger partial charge in [0.25, 0.3) is 0 Å². The molecule has 2 aromatic carbocycles. The zero-order valence-electron chi connectivity index (χ0n) is 10.3. The Kier molecular flexibility index (Phi) is 3.03. The first kappa shape index (κ1) is 11.3. The molecular formula is C16H17NO. The van der Waals surface area contributed by atoms with Crippen molar-refractivity contribution in [1.29, 1.82) is 0 Å². The van der Waals surface area contributed by atoms with Gasteiger partial charge in [-0.25, -0.2) is 0 Å². The van der Waals surface area contributed by atoms with E-state index in [1.165, 1.54) is 18.4 Å². The van der Waals surface area contributed by atoms with Gasteiger partial charge in [0.2, 0.25) is 0 Å². The van der Waals surface area contributed by atoms with Gasteiger partial charge in [-0.3, -0.25) is 0 Å². The SMILES string of the molecule is N[C@H](c1cccc(Oc2ccccc2)c1)C1CC1. The zero-order valence-corrected chi connectivity index (χ0v) is 10.3. The van der Waals surface area contributed by atoms with Crippen molar-refractivity contribution in [1.82, 2.24) is 0 Å². The highest BCUT2D eigenvalue weighted by Crippen LogP contribution is 2.40. The second-order valence-corrected chi connectivity index (χ2v) is 4.85. The molecule has 1 aliphatic rings. The molecule has 2 aromatic rings. The van der Waals surface area contributed by atoms with E-state index >= 15 is 0 Å². The first-order chi connectivity index (χ1) is 8.83. The summed E-state index contributed by atoms with van der Waals surface area (Å²) in [5.74, 6) is 2.38. The second kappa shape index (κ2) is 4.83. The van der Waals surface area contributed by atoms with Crippen LogP contribution in [0.2, 0.25) is 0 Å². The molecule has 0 radical (unpaired) electrons. The van der Waals surface area contributed by atoms with Crippen LogP contribution >= 0.6 is 0 Å². The summed E-state index contributed by atoms with van der Waals surface area (Å²) < 4.78 is 5.81. The Morgan fingerprint density at radius 3 is 2.39 bits per heavy atom. The third-order valence-electron chi connectivity index (χ3n) is 3.35. The third kappa shape index (κ3) is 2.54. The molecule has 0 amide bonds. The molecule has 2 nitrogen and oxygen atoms in total. The molecule has 1 atom stereocenters. The molecule has 0 spiro atoms. The van der Waals surface area contributed by atoms with E-state index in [4.69, 9.17) is 10.5 Å². The molecule has 18 heavy (non-hydrogen) atoms. The second-order valence-electron chi connectivity index (χ2n) is 4.85. The molecule has 0 aromatic heterocycles. The van der Waals surface area contributed by atoms with Crippen molar-refractivity contribution < 1.29 is 4.74 Å². The van der Waals surface area contributed by atoms with E-state index in [0.717, 1.165) is 11.5 Å². The van der Waals surface area contributed by atoms with Gasteiger partial charge in [0.05, 0.1) is 0 Å². The normalized spacial score (nSPS) is 16.3. The van der Waals surface area contributed by atoms with Gasteiger partial charge in [0.15, 0.2) is 0 Å². The van der Waals surface area contributed by atoms with Crippen molar-refractivity contribution in [2.45, 2.75) is 18.9 Å². The van der Waals surface area contributed by atoms with E-state index in [1.54, 1.807) is 0 Å². The number of nitrogens with two attached hydrogens (primary N) is 1. The van der Waals surface area contributed by atoms with Gasteiger partial charge < -0.3 is 10.5 Å². The molecule has 0 heterocycles. The van der Waals surface area contributed by atoms with Crippen LogP contribution < -0.4 is 10.5 Å². The van der Waals surface area contributed by atoms with Gasteiger partial charge in [-0.2, -0.15) is 0 Å². The summed E-state index contributed by atoms with van der Waals surface area (Å²) >= 11 is 0. The summed E-state index contributed by atoms with van der Waals surface area (Å²) in [7, 11) is 0. The van der Waals surface area contributed by atoms with Gasteiger partial charge >= 0.3 is 0 Å². The van der Waals surface area contributed by atoms with Crippen LogP contribution in [0.5, 0.6) is 11.5 Å². The van der Waals surface area contributed by atoms with Crippen LogP contribution in [0.3, 0.4) is 0 Å². The summed E-state index contributed by atoms with van der Waals surface area (Å²) in [6, 6.07) is 18.1. The minimum atomic E-state index is 0.157. The van der Waals surface area contributed by atoms with Crippen LogP contribution in [0.25, 0.3) is 0 Å². The predicted molar refractivity (Wildman–Crippen MR) is 72.6 cm³/mol. The Hall–Kier alpha value is -1.80. The standard InChI is InChI=1S/C16H17NO/c17-16(12-9-10-12)13-5-4-8-15(11-13)18-14-6-2-1-3-7-14/h1-8,11-12,16H,9-10,17H2/t16-/m0/s1. The van der Waals surface area contributed by atoms with E-state index in [9.17, 15) is 0 Å². The fourth-order valence-electron chi connectivity index (χ4n) is 2.14. The molecule has 0 aliphatic heterocycles. The van der Waals surface area contributed by atoms with Crippen molar-refractivity contribution in [2.24, 2.45) is 11.7 Å². The van der Waals surface area contributed by atoms with E-state index in [-0.39, 0.29) is 6.04 Å². The lowest BCUT2D eigenvalue weighted by molar-refractivity contribution is 0.480. The zero-order chi connectivity index (χ0) is 12.4. The minimum Gasteiger partial charge on any atom is -0.457 e. The first-order valence-corrected chi connectivity index (χ1v) is 6.41. The fraction of sp³-hybridized carbons (Fsp3) is 0.250. The lowest BCUT2D eigenvalue weighted by Gasteiger charge is -2.12. The molecule has 3 rings (SSSR count). The molecule has 2 N–H and O–H groups in total. The maximum absolute atomic E-state index is 6.21. The Morgan fingerprint density at radius 1 is 0.944 bits per heavy atom. The quantitative estimate of drug-likeness (QED) is 0.878. The number of hydrogen-bond donors (Lipinski definition) is 1. The highest BCUT2D eigenvalue weighted by atomic mass is 16.5. The average molecular weight is 239 g/mol. The fourth-order valence-corrected chi connectivity index (χ4v) is 2.14. The molecule has 0 unspecified atom stereocenters. The first-order valence-electron chi connectivity index (χ1n) is 6.41. The van der Waals surface area contributed by atoms with E-state index in [1.807, 2.05) is 42.5 Å². The number of benzene rings is 2. The van der Waals surface area contributed by atoms with Crippen molar-refractivity contribution in [3.05, 3.63) is 60.2 Å². The highest BCUT2D eigenvalue weighted by molar-refractivity contribution is 5.35.